The van der Waals surface area contributed by atoms with Crippen LogP contribution in [0.1, 0.15) is 21.5 Å². The number of hydrogen-bond donors (Lipinski definition) is 2. The van der Waals surface area contributed by atoms with Crippen molar-refractivity contribution < 1.29 is 9.53 Å². The Kier molecular flexibility index (Phi) is 5.96. The molecule has 0 amide bonds. The summed E-state index contributed by atoms with van der Waals surface area (Å²) in [5, 5.41) is 7.39. The molecule has 0 aliphatic rings. The molecule has 0 aliphatic heterocycles. The maximum atomic E-state index is 11.7. The lowest BCUT2D eigenvalue weighted by atomic mass is 10.1. The van der Waals surface area contributed by atoms with E-state index >= 15 is 0 Å². The van der Waals surface area contributed by atoms with Gasteiger partial charge in [0.05, 0.1) is 12.7 Å². The molecule has 6 heteroatoms. The number of ether oxygens (including phenoxy) is 1. The minimum absolute atomic E-state index is 0.369. The average Bonchev–Trinajstić information content (AvgIpc) is 2.55. The van der Waals surface area contributed by atoms with Gasteiger partial charge in [0, 0.05) is 17.3 Å². The minimum atomic E-state index is -0.369. The van der Waals surface area contributed by atoms with Crippen molar-refractivity contribution in [2.24, 2.45) is 0 Å². The quantitative estimate of drug-likeness (QED) is 0.648. The van der Waals surface area contributed by atoms with E-state index in [2.05, 4.69) is 10.6 Å². The number of methoxy groups -OCH3 is 1. The second-order valence-electron chi connectivity index (χ2n) is 4.90. The zero-order valence-electron chi connectivity index (χ0n) is 12.9. The summed E-state index contributed by atoms with van der Waals surface area (Å²) < 4.78 is 4.77. The van der Waals surface area contributed by atoms with Gasteiger partial charge in [0.25, 0.3) is 0 Å². The van der Waals surface area contributed by atoms with Gasteiger partial charge in [0.15, 0.2) is 5.11 Å². The SMILES string of the molecule is COC(=O)c1cccc(NC(=S)NCc2ccc(Cl)cc2)c1C. The highest BCUT2D eigenvalue weighted by Crippen LogP contribution is 2.19. The summed E-state index contributed by atoms with van der Waals surface area (Å²) in [6, 6.07) is 12.9. The van der Waals surface area contributed by atoms with Crippen molar-refractivity contribution in [3.05, 3.63) is 64.2 Å². The summed E-state index contributed by atoms with van der Waals surface area (Å²) in [5.74, 6) is -0.369. The van der Waals surface area contributed by atoms with Crippen LogP contribution in [-0.2, 0) is 11.3 Å². The standard InChI is InChI=1S/C17H17ClN2O2S/c1-11-14(16(21)22-2)4-3-5-15(11)20-17(23)19-10-12-6-8-13(18)9-7-12/h3-9H,10H2,1-2H3,(H2,19,20,23). The van der Waals surface area contributed by atoms with E-state index in [1.54, 1.807) is 12.1 Å². The lowest BCUT2D eigenvalue weighted by Gasteiger charge is -2.14. The molecule has 2 N–H and O–H groups in total. The monoisotopic (exact) mass is 348 g/mol. The van der Waals surface area contributed by atoms with Gasteiger partial charge in [-0.2, -0.15) is 0 Å². The Balaban J connectivity index is 2.00. The van der Waals surface area contributed by atoms with Crippen LogP contribution in [-0.4, -0.2) is 18.2 Å². The van der Waals surface area contributed by atoms with Crippen LogP contribution in [0.25, 0.3) is 0 Å². The van der Waals surface area contributed by atoms with E-state index in [0.29, 0.717) is 22.2 Å². The molecule has 0 aliphatic carbocycles. The van der Waals surface area contributed by atoms with Crippen LogP contribution in [0.4, 0.5) is 5.69 Å². The van der Waals surface area contributed by atoms with E-state index in [1.807, 2.05) is 37.3 Å². The van der Waals surface area contributed by atoms with Gasteiger partial charge in [-0.05, 0) is 54.5 Å². The minimum Gasteiger partial charge on any atom is -0.465 e. The highest BCUT2D eigenvalue weighted by molar-refractivity contribution is 7.80. The van der Waals surface area contributed by atoms with Gasteiger partial charge < -0.3 is 15.4 Å². The molecule has 0 fully saturated rings. The van der Waals surface area contributed by atoms with E-state index in [4.69, 9.17) is 28.6 Å². The second kappa shape index (κ2) is 7.94. The van der Waals surface area contributed by atoms with E-state index < -0.39 is 0 Å². The molecule has 0 saturated carbocycles. The molecule has 2 aromatic rings. The first-order chi connectivity index (χ1) is 11.0. The highest BCUT2D eigenvalue weighted by atomic mass is 35.5. The first-order valence-corrected chi connectivity index (χ1v) is 7.77. The Hall–Kier alpha value is -2.11. The molecule has 0 spiro atoms. The van der Waals surface area contributed by atoms with Crippen LogP contribution in [0.3, 0.4) is 0 Å². The normalized spacial score (nSPS) is 10.0. The van der Waals surface area contributed by atoms with E-state index in [9.17, 15) is 4.79 Å². The second-order valence-corrected chi connectivity index (χ2v) is 5.75. The first kappa shape index (κ1) is 17.2. The number of hydrogen-bond acceptors (Lipinski definition) is 3. The fraction of sp³-hybridized carbons (Fsp3) is 0.176. The van der Waals surface area contributed by atoms with Gasteiger partial charge in [-0.15, -0.1) is 0 Å². The summed E-state index contributed by atoms with van der Waals surface area (Å²) >= 11 is 11.1. The number of thiocarbonyl (C=S) groups is 1. The van der Waals surface area contributed by atoms with Crippen LogP contribution in [0.15, 0.2) is 42.5 Å². The molecular weight excluding hydrogens is 332 g/mol. The molecule has 2 rings (SSSR count). The van der Waals surface area contributed by atoms with Gasteiger partial charge in [0.2, 0.25) is 0 Å². The number of carbonyl (C=O) groups excluding carboxylic acids is 1. The molecule has 0 bridgehead atoms. The van der Waals surface area contributed by atoms with Crippen molar-refractivity contribution >= 4 is 40.6 Å². The van der Waals surface area contributed by atoms with Crippen molar-refractivity contribution in [2.45, 2.75) is 13.5 Å². The zero-order valence-corrected chi connectivity index (χ0v) is 14.4. The third kappa shape index (κ3) is 4.68. The Morgan fingerprint density at radius 1 is 1.22 bits per heavy atom. The molecule has 0 radical (unpaired) electrons. The molecule has 120 valence electrons. The van der Waals surface area contributed by atoms with Crippen LogP contribution in [0.2, 0.25) is 5.02 Å². The number of carbonyl (C=O) groups is 1. The molecule has 0 heterocycles. The summed E-state index contributed by atoms with van der Waals surface area (Å²) in [4.78, 5) is 11.7. The Bertz CT molecular complexity index is 717. The number of benzene rings is 2. The molecule has 23 heavy (non-hydrogen) atoms. The fourth-order valence-corrected chi connectivity index (χ4v) is 2.36. The molecule has 2 aromatic carbocycles. The van der Waals surface area contributed by atoms with Gasteiger partial charge in [-0.3, -0.25) is 0 Å². The third-order valence-corrected chi connectivity index (χ3v) is 3.85. The van der Waals surface area contributed by atoms with Crippen molar-refractivity contribution in [2.75, 3.05) is 12.4 Å². The van der Waals surface area contributed by atoms with Crippen molar-refractivity contribution in [1.29, 1.82) is 0 Å². The largest absolute Gasteiger partial charge is 0.465 e. The Morgan fingerprint density at radius 2 is 1.91 bits per heavy atom. The average molecular weight is 349 g/mol. The molecule has 0 aromatic heterocycles. The molecule has 0 atom stereocenters. The van der Waals surface area contributed by atoms with Crippen molar-refractivity contribution in [3.8, 4) is 0 Å². The zero-order chi connectivity index (χ0) is 16.8. The highest BCUT2D eigenvalue weighted by Gasteiger charge is 2.12. The first-order valence-electron chi connectivity index (χ1n) is 6.98. The predicted molar refractivity (Wildman–Crippen MR) is 97.0 cm³/mol. The van der Waals surface area contributed by atoms with Crippen LogP contribution in [0, 0.1) is 6.92 Å². The number of rotatable bonds is 4. The molecule has 4 nitrogen and oxygen atoms in total. The van der Waals surface area contributed by atoms with Gasteiger partial charge in [0.1, 0.15) is 0 Å². The fourth-order valence-electron chi connectivity index (χ4n) is 2.05. The topological polar surface area (TPSA) is 50.4 Å². The third-order valence-electron chi connectivity index (χ3n) is 3.35. The Labute approximate surface area is 145 Å². The molecule has 0 saturated heterocycles. The summed E-state index contributed by atoms with van der Waals surface area (Å²) in [6.45, 7) is 2.43. The van der Waals surface area contributed by atoms with Gasteiger partial charge in [-0.25, -0.2) is 4.79 Å². The van der Waals surface area contributed by atoms with Crippen LogP contribution >= 0.6 is 23.8 Å². The predicted octanol–water partition coefficient (Wildman–Crippen LogP) is 3.92. The van der Waals surface area contributed by atoms with E-state index in [1.165, 1.54) is 7.11 Å². The molecule has 0 unspecified atom stereocenters. The molecular formula is C17H17ClN2O2S. The van der Waals surface area contributed by atoms with Crippen molar-refractivity contribution in [1.82, 2.24) is 5.32 Å². The number of nitrogens with one attached hydrogen (secondary N) is 2. The Morgan fingerprint density at radius 3 is 2.57 bits per heavy atom. The van der Waals surface area contributed by atoms with Crippen LogP contribution < -0.4 is 10.6 Å². The number of esters is 1. The van der Waals surface area contributed by atoms with Crippen LogP contribution in [0.5, 0.6) is 0 Å². The van der Waals surface area contributed by atoms with Gasteiger partial charge in [-0.1, -0.05) is 29.8 Å². The smallest absolute Gasteiger partial charge is 0.338 e. The van der Waals surface area contributed by atoms with Gasteiger partial charge >= 0.3 is 5.97 Å². The maximum absolute atomic E-state index is 11.7. The summed E-state index contributed by atoms with van der Waals surface area (Å²) in [7, 11) is 1.36. The lowest BCUT2D eigenvalue weighted by Crippen LogP contribution is -2.28. The van der Waals surface area contributed by atoms with E-state index in [-0.39, 0.29) is 5.97 Å². The van der Waals surface area contributed by atoms with Crippen molar-refractivity contribution in [3.63, 3.8) is 0 Å². The summed E-state index contributed by atoms with van der Waals surface area (Å²) in [5.41, 5.74) is 3.13. The number of anilines is 1. The maximum Gasteiger partial charge on any atom is 0.338 e. The number of halogens is 1. The lowest BCUT2D eigenvalue weighted by molar-refractivity contribution is 0.0600. The summed E-state index contributed by atoms with van der Waals surface area (Å²) in [6.07, 6.45) is 0. The van der Waals surface area contributed by atoms with E-state index in [0.717, 1.165) is 16.8 Å².